The van der Waals surface area contributed by atoms with Crippen LogP contribution in [0.1, 0.15) is 24.3 Å². The first-order chi connectivity index (χ1) is 17.2. The molecule has 1 N–H and O–H groups in total. The van der Waals surface area contributed by atoms with E-state index in [1.165, 1.54) is 29.6 Å². The third-order valence-corrected chi connectivity index (χ3v) is 6.71. The van der Waals surface area contributed by atoms with Crippen LogP contribution in [-0.4, -0.2) is 57.5 Å². The Morgan fingerprint density at radius 1 is 1.08 bits per heavy atom. The Balaban J connectivity index is 1.29. The summed E-state index contributed by atoms with van der Waals surface area (Å²) in [7, 11) is 2.87. The Hall–Kier alpha value is -4.26. The summed E-state index contributed by atoms with van der Waals surface area (Å²) >= 11 is 0. The maximum atomic E-state index is 12.8. The summed E-state index contributed by atoms with van der Waals surface area (Å²) in [4.78, 5) is 55.6. The summed E-state index contributed by atoms with van der Waals surface area (Å²) in [5, 5.41) is 15.1. The third kappa shape index (κ3) is 3.96. The number of likely N-dealkylation sites (tertiary alicyclic amines) is 1. The summed E-state index contributed by atoms with van der Waals surface area (Å²) < 4.78 is 9.78. The zero-order chi connectivity index (χ0) is 25.6. The van der Waals surface area contributed by atoms with Gasteiger partial charge >= 0.3 is 11.4 Å². The van der Waals surface area contributed by atoms with E-state index in [4.69, 9.17) is 4.42 Å². The number of amides is 1. The van der Waals surface area contributed by atoms with Crippen molar-refractivity contribution in [2.24, 2.45) is 14.1 Å². The van der Waals surface area contributed by atoms with Gasteiger partial charge in [-0.3, -0.25) is 18.7 Å². The van der Waals surface area contributed by atoms with Gasteiger partial charge in [-0.15, -0.1) is 5.10 Å². The maximum absolute atomic E-state index is 12.8. The molecule has 188 valence electrons. The lowest BCUT2D eigenvalue weighted by molar-refractivity contribution is -0.136. The highest BCUT2D eigenvalue weighted by atomic mass is 16.4. The molecule has 0 spiro atoms. The van der Waals surface area contributed by atoms with Crippen LogP contribution in [0.3, 0.4) is 0 Å². The Kier molecular flexibility index (Phi) is 5.71. The molecule has 1 aromatic carbocycles. The normalized spacial score (nSPS) is 15.5. The number of nitrogens with zero attached hydrogens (tertiary/aromatic N) is 7. The second-order valence-electron chi connectivity index (χ2n) is 8.95. The molecule has 13 nitrogen and oxygen atoms in total. The number of aliphatic hydroxyl groups is 1. The SMILES string of the molecule is Cn1c(=O)c2c(ncn2Cc2nn(CC(=O)N3CCC(O)(c4ccccc4)CC3)c(=O)o2)n(C)c1=O. The summed E-state index contributed by atoms with van der Waals surface area (Å²) in [6.45, 7) is 0.278. The van der Waals surface area contributed by atoms with E-state index >= 15 is 0 Å². The van der Waals surface area contributed by atoms with Crippen LogP contribution in [0.25, 0.3) is 11.2 Å². The molecule has 1 amide bonds. The monoisotopic (exact) mass is 495 g/mol. The molecule has 0 atom stereocenters. The molecule has 4 aromatic rings. The van der Waals surface area contributed by atoms with Crippen LogP contribution in [0.2, 0.25) is 0 Å². The molecule has 36 heavy (non-hydrogen) atoms. The van der Waals surface area contributed by atoms with Crippen LogP contribution < -0.4 is 17.0 Å². The van der Waals surface area contributed by atoms with Gasteiger partial charge in [0.25, 0.3) is 5.56 Å². The maximum Gasteiger partial charge on any atom is 0.437 e. The van der Waals surface area contributed by atoms with Gasteiger partial charge < -0.3 is 19.0 Å². The molecule has 0 bridgehead atoms. The minimum atomic E-state index is -0.996. The summed E-state index contributed by atoms with van der Waals surface area (Å²) in [6.07, 6.45) is 2.12. The van der Waals surface area contributed by atoms with Crippen LogP contribution in [0.15, 0.2) is 55.5 Å². The van der Waals surface area contributed by atoms with Crippen molar-refractivity contribution < 1.29 is 14.3 Å². The number of aromatic nitrogens is 6. The summed E-state index contributed by atoms with van der Waals surface area (Å²) in [5.41, 5.74) is -0.872. The van der Waals surface area contributed by atoms with Crippen LogP contribution in [0.4, 0.5) is 0 Å². The first-order valence-corrected chi connectivity index (χ1v) is 11.4. The highest BCUT2D eigenvalue weighted by molar-refractivity contribution is 5.76. The molecule has 1 fully saturated rings. The lowest BCUT2D eigenvalue weighted by Crippen LogP contribution is -2.46. The minimum absolute atomic E-state index is 0.0138. The molecular formula is C23H25N7O6. The lowest BCUT2D eigenvalue weighted by atomic mass is 9.84. The van der Waals surface area contributed by atoms with Crippen molar-refractivity contribution >= 4 is 17.1 Å². The molecule has 13 heteroatoms. The van der Waals surface area contributed by atoms with E-state index in [-0.39, 0.29) is 36.1 Å². The van der Waals surface area contributed by atoms with E-state index in [0.29, 0.717) is 25.9 Å². The molecule has 3 aromatic heterocycles. The van der Waals surface area contributed by atoms with Crippen LogP contribution in [-0.2, 0) is 37.6 Å². The highest BCUT2D eigenvalue weighted by Gasteiger charge is 2.35. The zero-order valence-corrected chi connectivity index (χ0v) is 19.8. The average molecular weight is 495 g/mol. The molecule has 1 saturated heterocycles. The van der Waals surface area contributed by atoms with Gasteiger partial charge in [0.1, 0.15) is 13.1 Å². The number of hydrogen-bond acceptors (Lipinski definition) is 8. The number of carbonyl (C=O) groups excluding carboxylic acids is 1. The number of fused-ring (bicyclic) bond motifs is 1. The Labute approximate surface area is 203 Å². The van der Waals surface area contributed by atoms with Crippen molar-refractivity contribution in [3.63, 3.8) is 0 Å². The zero-order valence-electron chi connectivity index (χ0n) is 19.8. The number of rotatable bonds is 5. The molecule has 0 aliphatic carbocycles. The predicted molar refractivity (Wildman–Crippen MR) is 126 cm³/mol. The van der Waals surface area contributed by atoms with Gasteiger partial charge in [-0.05, 0) is 18.4 Å². The molecule has 1 aliphatic rings. The molecule has 5 rings (SSSR count). The predicted octanol–water partition coefficient (Wildman–Crippen LogP) is -0.858. The molecule has 0 saturated carbocycles. The van der Waals surface area contributed by atoms with Crippen LogP contribution >= 0.6 is 0 Å². The van der Waals surface area contributed by atoms with E-state index in [2.05, 4.69) is 10.1 Å². The van der Waals surface area contributed by atoms with Gasteiger partial charge in [0.2, 0.25) is 11.8 Å². The highest BCUT2D eigenvalue weighted by Crippen LogP contribution is 2.32. The fourth-order valence-electron chi connectivity index (χ4n) is 4.57. The summed E-state index contributed by atoms with van der Waals surface area (Å²) in [5.74, 6) is -1.13. The van der Waals surface area contributed by atoms with Gasteiger partial charge in [-0.25, -0.2) is 14.6 Å². The molecule has 1 aliphatic heterocycles. The third-order valence-electron chi connectivity index (χ3n) is 6.71. The van der Waals surface area contributed by atoms with Crippen molar-refractivity contribution in [3.05, 3.63) is 79.5 Å². The van der Waals surface area contributed by atoms with Gasteiger partial charge in [0.15, 0.2) is 11.2 Å². The average Bonchev–Trinajstić information content (AvgIpc) is 3.45. The van der Waals surface area contributed by atoms with Crippen LogP contribution in [0.5, 0.6) is 0 Å². The second kappa shape index (κ2) is 8.75. The standard InChI is InChI=1S/C23H25N7O6/c1-26-19-18(20(32)27(2)21(26)33)29(14-24-19)12-16-25-30(22(34)36-16)13-17(31)28-10-8-23(35,9-11-28)15-6-4-3-5-7-15/h3-7,14,35H,8-13H2,1-2H3. The smallest absolute Gasteiger partial charge is 0.390 e. The van der Waals surface area contributed by atoms with Crippen LogP contribution in [0, 0.1) is 0 Å². The molecule has 0 radical (unpaired) electrons. The first kappa shape index (κ1) is 23.5. The summed E-state index contributed by atoms with van der Waals surface area (Å²) in [6, 6.07) is 9.35. The Morgan fingerprint density at radius 2 is 1.78 bits per heavy atom. The number of benzene rings is 1. The lowest BCUT2D eigenvalue weighted by Gasteiger charge is -2.38. The van der Waals surface area contributed by atoms with Gasteiger partial charge in [0.05, 0.1) is 11.9 Å². The van der Waals surface area contributed by atoms with E-state index < -0.39 is 22.6 Å². The van der Waals surface area contributed by atoms with Crippen molar-refractivity contribution in [1.82, 2.24) is 33.4 Å². The number of piperidine rings is 1. The molecule has 4 heterocycles. The topological polar surface area (TPSA) is 150 Å². The quantitative estimate of drug-likeness (QED) is 0.376. The molecular weight excluding hydrogens is 470 g/mol. The fourth-order valence-corrected chi connectivity index (χ4v) is 4.57. The van der Waals surface area contributed by atoms with Crippen molar-refractivity contribution in [1.29, 1.82) is 0 Å². The van der Waals surface area contributed by atoms with Crippen molar-refractivity contribution in [3.8, 4) is 0 Å². The van der Waals surface area contributed by atoms with E-state index in [9.17, 15) is 24.3 Å². The van der Waals surface area contributed by atoms with Gasteiger partial charge in [-0.2, -0.15) is 4.68 Å². The van der Waals surface area contributed by atoms with E-state index in [0.717, 1.165) is 14.8 Å². The first-order valence-electron chi connectivity index (χ1n) is 11.4. The number of carbonyl (C=O) groups is 1. The largest absolute Gasteiger partial charge is 0.437 e. The number of imidazole rings is 1. The fraction of sp³-hybridized carbons (Fsp3) is 0.391. The second-order valence-corrected chi connectivity index (χ2v) is 8.95. The van der Waals surface area contributed by atoms with Gasteiger partial charge in [0, 0.05) is 27.2 Å². The minimum Gasteiger partial charge on any atom is -0.390 e. The van der Waals surface area contributed by atoms with E-state index in [1.807, 2.05) is 30.3 Å². The van der Waals surface area contributed by atoms with Crippen molar-refractivity contribution in [2.75, 3.05) is 13.1 Å². The Bertz CT molecular complexity index is 1620. The number of hydrogen-bond donors (Lipinski definition) is 1. The molecule has 0 unspecified atom stereocenters. The van der Waals surface area contributed by atoms with Crippen molar-refractivity contribution in [2.45, 2.75) is 31.5 Å². The Morgan fingerprint density at radius 3 is 2.47 bits per heavy atom. The number of aryl methyl sites for hydroxylation is 1. The van der Waals surface area contributed by atoms with Gasteiger partial charge in [-0.1, -0.05) is 30.3 Å². The van der Waals surface area contributed by atoms with E-state index in [1.54, 1.807) is 4.90 Å².